The molecule has 1 amide bonds. The Bertz CT molecular complexity index is 173. The Morgan fingerprint density at radius 1 is 1.83 bits per heavy atom. The first-order chi connectivity index (χ1) is 5.79. The van der Waals surface area contributed by atoms with Crippen LogP contribution in [0.1, 0.15) is 13.3 Å². The van der Waals surface area contributed by atoms with Crippen LogP contribution < -0.4 is 5.32 Å². The summed E-state index contributed by atoms with van der Waals surface area (Å²) in [7, 11) is 0. The molecular formula is C9H16N2O. The molecule has 3 heteroatoms. The number of nitrogens with zero attached hydrogens (tertiary/aromatic N) is 1. The topological polar surface area (TPSA) is 32.3 Å². The summed E-state index contributed by atoms with van der Waals surface area (Å²) >= 11 is 0. The first kappa shape index (κ1) is 9.26. The van der Waals surface area contributed by atoms with Crippen molar-refractivity contribution in [1.29, 1.82) is 0 Å². The van der Waals surface area contributed by atoms with Gasteiger partial charge in [-0.25, -0.2) is 0 Å². The fourth-order valence-electron chi connectivity index (χ4n) is 1.62. The first-order valence-corrected chi connectivity index (χ1v) is 4.43. The number of hydrogen-bond acceptors (Lipinski definition) is 2. The van der Waals surface area contributed by atoms with Gasteiger partial charge in [0.1, 0.15) is 0 Å². The Balaban J connectivity index is 2.53. The molecule has 0 aromatic rings. The van der Waals surface area contributed by atoms with E-state index in [-0.39, 0.29) is 5.91 Å². The van der Waals surface area contributed by atoms with Gasteiger partial charge in [-0.15, -0.1) is 0 Å². The normalized spacial score (nSPS) is 22.2. The Morgan fingerprint density at radius 3 is 3.00 bits per heavy atom. The summed E-state index contributed by atoms with van der Waals surface area (Å²) in [6, 6.07) is 0.375. The number of carbonyl (C=O) groups is 1. The summed E-state index contributed by atoms with van der Waals surface area (Å²) in [5.74, 6) is 0.0474. The van der Waals surface area contributed by atoms with Crippen molar-refractivity contribution in [2.75, 3.05) is 19.6 Å². The van der Waals surface area contributed by atoms with Crippen molar-refractivity contribution >= 4 is 5.91 Å². The second-order valence-electron chi connectivity index (χ2n) is 2.97. The highest BCUT2D eigenvalue weighted by atomic mass is 16.2. The van der Waals surface area contributed by atoms with E-state index in [1.54, 1.807) is 0 Å². The van der Waals surface area contributed by atoms with Crippen LogP contribution in [0.5, 0.6) is 0 Å². The van der Waals surface area contributed by atoms with E-state index in [1.165, 1.54) is 6.08 Å². The molecule has 68 valence electrons. The van der Waals surface area contributed by atoms with E-state index in [1.807, 2.05) is 11.8 Å². The lowest BCUT2D eigenvalue weighted by molar-refractivity contribution is -0.127. The number of nitrogens with one attached hydrogen (secondary N) is 1. The molecular weight excluding hydrogens is 152 g/mol. The van der Waals surface area contributed by atoms with Crippen LogP contribution in [0.3, 0.4) is 0 Å². The lowest BCUT2D eigenvalue weighted by atomic mass is 10.2. The minimum Gasteiger partial charge on any atom is -0.335 e. The monoisotopic (exact) mass is 168 g/mol. The molecule has 0 spiro atoms. The number of rotatable bonds is 3. The van der Waals surface area contributed by atoms with E-state index in [9.17, 15) is 4.79 Å². The maximum absolute atomic E-state index is 11.3. The molecule has 1 heterocycles. The second kappa shape index (κ2) is 4.26. The Hall–Kier alpha value is -0.830. The molecule has 1 rings (SSSR count). The van der Waals surface area contributed by atoms with Gasteiger partial charge in [-0.1, -0.05) is 6.58 Å². The Kier molecular flexibility index (Phi) is 3.29. The molecule has 0 aliphatic carbocycles. The fraction of sp³-hybridized carbons (Fsp3) is 0.667. The zero-order valence-electron chi connectivity index (χ0n) is 7.55. The van der Waals surface area contributed by atoms with Crippen molar-refractivity contribution in [3.8, 4) is 0 Å². The number of carbonyl (C=O) groups excluding carboxylic acids is 1. The average Bonchev–Trinajstić information content (AvgIpc) is 2.58. The molecule has 1 saturated heterocycles. The summed E-state index contributed by atoms with van der Waals surface area (Å²) < 4.78 is 0. The Morgan fingerprint density at radius 2 is 2.58 bits per heavy atom. The SMILES string of the molecule is C=CC(=O)N(CC)C1CCNC1. The maximum atomic E-state index is 11.3. The van der Waals surface area contributed by atoms with Gasteiger partial charge in [0.2, 0.25) is 5.91 Å². The van der Waals surface area contributed by atoms with E-state index in [2.05, 4.69) is 11.9 Å². The van der Waals surface area contributed by atoms with Gasteiger partial charge in [0.25, 0.3) is 0 Å². The molecule has 0 saturated carbocycles. The molecule has 1 aliphatic rings. The van der Waals surface area contributed by atoms with Crippen LogP contribution in [-0.2, 0) is 4.79 Å². The summed E-state index contributed by atoms with van der Waals surface area (Å²) in [6.07, 6.45) is 2.45. The average molecular weight is 168 g/mol. The van der Waals surface area contributed by atoms with Gasteiger partial charge in [-0.3, -0.25) is 4.79 Å². The summed E-state index contributed by atoms with van der Waals surface area (Å²) in [5, 5.41) is 3.24. The lowest BCUT2D eigenvalue weighted by Gasteiger charge is -2.25. The van der Waals surface area contributed by atoms with Crippen molar-refractivity contribution in [3.05, 3.63) is 12.7 Å². The van der Waals surface area contributed by atoms with E-state index in [0.29, 0.717) is 6.04 Å². The molecule has 1 atom stereocenters. The third-order valence-corrected chi connectivity index (χ3v) is 2.27. The van der Waals surface area contributed by atoms with Gasteiger partial charge in [0.15, 0.2) is 0 Å². The van der Waals surface area contributed by atoms with Crippen LogP contribution in [-0.4, -0.2) is 36.5 Å². The second-order valence-corrected chi connectivity index (χ2v) is 2.97. The Labute approximate surface area is 73.4 Å². The molecule has 3 nitrogen and oxygen atoms in total. The molecule has 1 N–H and O–H groups in total. The quantitative estimate of drug-likeness (QED) is 0.618. The van der Waals surface area contributed by atoms with Gasteiger partial charge < -0.3 is 10.2 Å². The van der Waals surface area contributed by atoms with Gasteiger partial charge in [-0.2, -0.15) is 0 Å². The molecule has 0 aromatic carbocycles. The molecule has 0 aromatic heterocycles. The highest BCUT2D eigenvalue weighted by Gasteiger charge is 2.23. The molecule has 1 fully saturated rings. The van der Waals surface area contributed by atoms with E-state index in [0.717, 1.165) is 26.1 Å². The van der Waals surface area contributed by atoms with E-state index in [4.69, 9.17) is 0 Å². The van der Waals surface area contributed by atoms with Crippen molar-refractivity contribution < 1.29 is 4.79 Å². The van der Waals surface area contributed by atoms with Gasteiger partial charge >= 0.3 is 0 Å². The van der Waals surface area contributed by atoms with Crippen molar-refractivity contribution in [2.24, 2.45) is 0 Å². The minimum absolute atomic E-state index is 0.0474. The lowest BCUT2D eigenvalue weighted by Crippen LogP contribution is -2.40. The highest BCUT2D eigenvalue weighted by Crippen LogP contribution is 2.08. The first-order valence-electron chi connectivity index (χ1n) is 4.43. The smallest absolute Gasteiger partial charge is 0.246 e. The van der Waals surface area contributed by atoms with Crippen LogP contribution in [0.25, 0.3) is 0 Å². The third-order valence-electron chi connectivity index (χ3n) is 2.27. The van der Waals surface area contributed by atoms with Gasteiger partial charge in [-0.05, 0) is 26.0 Å². The predicted molar refractivity (Wildman–Crippen MR) is 48.9 cm³/mol. The zero-order valence-corrected chi connectivity index (χ0v) is 7.55. The fourth-order valence-corrected chi connectivity index (χ4v) is 1.62. The van der Waals surface area contributed by atoms with Crippen LogP contribution in [0.2, 0.25) is 0 Å². The van der Waals surface area contributed by atoms with E-state index < -0.39 is 0 Å². The van der Waals surface area contributed by atoms with Crippen LogP contribution in [0, 0.1) is 0 Å². The van der Waals surface area contributed by atoms with Crippen LogP contribution >= 0.6 is 0 Å². The minimum atomic E-state index is 0.0474. The van der Waals surface area contributed by atoms with Crippen LogP contribution in [0.4, 0.5) is 0 Å². The van der Waals surface area contributed by atoms with Crippen molar-refractivity contribution in [2.45, 2.75) is 19.4 Å². The van der Waals surface area contributed by atoms with Crippen LogP contribution in [0.15, 0.2) is 12.7 Å². The third kappa shape index (κ3) is 1.85. The number of amides is 1. The molecule has 12 heavy (non-hydrogen) atoms. The largest absolute Gasteiger partial charge is 0.335 e. The summed E-state index contributed by atoms with van der Waals surface area (Å²) in [5.41, 5.74) is 0. The van der Waals surface area contributed by atoms with E-state index >= 15 is 0 Å². The standard InChI is InChI=1S/C9H16N2O/c1-3-9(12)11(4-2)8-5-6-10-7-8/h3,8,10H,1,4-7H2,2H3. The van der Waals surface area contributed by atoms with Crippen molar-refractivity contribution in [3.63, 3.8) is 0 Å². The molecule has 1 unspecified atom stereocenters. The zero-order chi connectivity index (χ0) is 8.97. The van der Waals surface area contributed by atoms with Crippen molar-refractivity contribution in [1.82, 2.24) is 10.2 Å². The van der Waals surface area contributed by atoms with Gasteiger partial charge in [0, 0.05) is 19.1 Å². The number of likely N-dealkylation sites (N-methyl/N-ethyl adjacent to an activating group) is 1. The molecule has 0 radical (unpaired) electrons. The number of hydrogen-bond donors (Lipinski definition) is 1. The summed E-state index contributed by atoms with van der Waals surface area (Å²) in [4.78, 5) is 13.2. The molecule has 0 bridgehead atoms. The highest BCUT2D eigenvalue weighted by molar-refractivity contribution is 5.87. The van der Waals surface area contributed by atoms with Gasteiger partial charge in [0.05, 0.1) is 0 Å². The maximum Gasteiger partial charge on any atom is 0.246 e. The molecule has 1 aliphatic heterocycles. The predicted octanol–water partition coefficient (Wildman–Crippen LogP) is 0.383. The summed E-state index contributed by atoms with van der Waals surface area (Å²) in [6.45, 7) is 8.21.